The molecular weight excluding hydrogens is 435 g/mol. The first-order chi connectivity index (χ1) is 14.4. The van der Waals surface area contributed by atoms with Gasteiger partial charge in [0.2, 0.25) is 5.95 Å². The summed E-state index contributed by atoms with van der Waals surface area (Å²) in [5.74, 6) is -0.367. The predicted molar refractivity (Wildman–Crippen MR) is 106 cm³/mol. The van der Waals surface area contributed by atoms with E-state index in [0.29, 0.717) is 23.4 Å². The average Bonchev–Trinajstić information content (AvgIpc) is 3.05. The first-order valence-corrected chi connectivity index (χ1v) is 11.2. The summed E-state index contributed by atoms with van der Waals surface area (Å²) in [6.45, 7) is 3.41. The maximum atomic E-state index is 13.4. The highest BCUT2D eigenvalue weighted by Gasteiger charge is 2.38. The zero-order chi connectivity index (χ0) is 22.7. The molecule has 1 unspecified atom stereocenters. The third-order valence-corrected chi connectivity index (χ3v) is 6.37. The Hall–Kier alpha value is -3.02. The van der Waals surface area contributed by atoms with Gasteiger partial charge in [0, 0.05) is 25.5 Å². The molecule has 3 heterocycles. The summed E-state index contributed by atoms with van der Waals surface area (Å²) in [5, 5.41) is 0. The van der Waals surface area contributed by atoms with Gasteiger partial charge in [0.1, 0.15) is 5.82 Å². The van der Waals surface area contributed by atoms with Gasteiger partial charge in [0.25, 0.3) is 0 Å². The number of anilines is 1. The minimum atomic E-state index is -4.80. The van der Waals surface area contributed by atoms with Gasteiger partial charge in [-0.25, -0.2) is 23.4 Å². The molecule has 1 aromatic carbocycles. The lowest BCUT2D eigenvalue weighted by Gasteiger charge is -2.34. The highest BCUT2D eigenvalue weighted by molar-refractivity contribution is 7.90. The Labute approximate surface area is 175 Å². The van der Waals surface area contributed by atoms with Crippen LogP contribution in [0.3, 0.4) is 0 Å². The van der Waals surface area contributed by atoms with Gasteiger partial charge in [0.15, 0.2) is 21.3 Å². The van der Waals surface area contributed by atoms with Crippen molar-refractivity contribution in [2.24, 2.45) is 0 Å². The summed E-state index contributed by atoms with van der Waals surface area (Å²) in [6.07, 6.45) is -2.78. The molecule has 164 valence electrons. The summed E-state index contributed by atoms with van der Waals surface area (Å²) in [5.41, 5.74) is -0.635. The smallest absolute Gasteiger partial charge is 0.329 e. The van der Waals surface area contributed by atoms with E-state index in [1.165, 1.54) is 6.07 Å². The average molecular weight is 453 g/mol. The van der Waals surface area contributed by atoms with Crippen molar-refractivity contribution >= 4 is 32.6 Å². The van der Waals surface area contributed by atoms with Crippen LogP contribution in [-0.4, -0.2) is 46.5 Å². The second kappa shape index (κ2) is 7.01. The lowest BCUT2D eigenvalue weighted by Crippen LogP contribution is -2.38. The fraction of sp³-hybridized carbons (Fsp3) is 0.368. The van der Waals surface area contributed by atoms with Gasteiger partial charge < -0.3 is 9.47 Å². The first-order valence-electron chi connectivity index (χ1n) is 9.30. The molecule has 0 radical (unpaired) electrons. The second-order valence-corrected chi connectivity index (χ2v) is 9.42. The number of nitrogens with zero attached hydrogens (tertiary/aromatic N) is 5. The van der Waals surface area contributed by atoms with Crippen LogP contribution < -0.4 is 4.90 Å². The van der Waals surface area contributed by atoms with Crippen molar-refractivity contribution in [2.45, 2.75) is 37.5 Å². The largest absolute Gasteiger partial charge is 0.434 e. The molecule has 1 aliphatic rings. The molecule has 0 amide bonds. The van der Waals surface area contributed by atoms with Crippen molar-refractivity contribution in [1.29, 1.82) is 0 Å². The van der Waals surface area contributed by atoms with E-state index in [4.69, 9.17) is 0 Å². The molecule has 0 spiro atoms. The quantitative estimate of drug-likeness (QED) is 0.562. The number of ketones is 1. The maximum absolute atomic E-state index is 13.4. The number of benzene rings is 1. The Bertz CT molecular complexity index is 1320. The van der Waals surface area contributed by atoms with Crippen molar-refractivity contribution in [3.05, 3.63) is 41.5 Å². The van der Waals surface area contributed by atoms with E-state index < -0.39 is 39.1 Å². The van der Waals surface area contributed by atoms with E-state index in [1.54, 1.807) is 24.0 Å². The molecule has 3 aromatic rings. The van der Waals surface area contributed by atoms with Crippen molar-refractivity contribution in [3.63, 3.8) is 0 Å². The van der Waals surface area contributed by atoms with E-state index >= 15 is 0 Å². The summed E-state index contributed by atoms with van der Waals surface area (Å²) in [4.78, 5) is 25.5. The summed E-state index contributed by atoms with van der Waals surface area (Å²) in [6, 6.07) is 4.14. The number of alkyl halides is 3. The molecular formula is C19H18F3N5O3S. The van der Waals surface area contributed by atoms with Crippen LogP contribution in [0.2, 0.25) is 0 Å². The zero-order valence-corrected chi connectivity index (χ0v) is 17.6. The van der Waals surface area contributed by atoms with E-state index in [9.17, 15) is 26.4 Å². The lowest BCUT2D eigenvalue weighted by molar-refractivity contribution is -0.141. The van der Waals surface area contributed by atoms with Crippen LogP contribution in [0.25, 0.3) is 11.0 Å². The van der Waals surface area contributed by atoms with E-state index in [2.05, 4.69) is 15.0 Å². The minimum Gasteiger partial charge on any atom is -0.329 e. The third kappa shape index (κ3) is 3.64. The highest BCUT2D eigenvalue weighted by atomic mass is 32.2. The zero-order valence-electron chi connectivity index (χ0n) is 16.8. The number of rotatable bonds is 3. The molecule has 0 bridgehead atoms. The van der Waals surface area contributed by atoms with Crippen LogP contribution >= 0.6 is 0 Å². The van der Waals surface area contributed by atoms with Crippen molar-refractivity contribution in [2.75, 3.05) is 17.7 Å². The fourth-order valence-electron chi connectivity index (χ4n) is 3.70. The Morgan fingerprint density at radius 2 is 1.90 bits per heavy atom. The van der Waals surface area contributed by atoms with Gasteiger partial charge >= 0.3 is 6.18 Å². The van der Waals surface area contributed by atoms with E-state index in [0.717, 1.165) is 19.4 Å². The normalized spacial score (nSPS) is 17.1. The molecule has 1 atom stereocenters. The van der Waals surface area contributed by atoms with E-state index in [1.807, 2.05) is 4.57 Å². The van der Waals surface area contributed by atoms with Crippen molar-refractivity contribution < 1.29 is 26.4 Å². The monoisotopic (exact) mass is 453 g/mol. The molecule has 31 heavy (non-hydrogen) atoms. The van der Waals surface area contributed by atoms with Crippen LogP contribution in [0.1, 0.15) is 41.8 Å². The molecule has 1 aliphatic heterocycles. The van der Waals surface area contributed by atoms with Crippen LogP contribution in [-0.2, 0) is 22.6 Å². The van der Waals surface area contributed by atoms with Gasteiger partial charge in [-0.15, -0.1) is 0 Å². The van der Waals surface area contributed by atoms with Crippen LogP contribution in [0, 0.1) is 0 Å². The first kappa shape index (κ1) is 21.2. The SMILES string of the molecule is CC(=O)c1cnc(N2CCn3c(nc4ccc(S(C)(=O)=O)cc43)C2C)nc1C(F)(F)F. The Balaban J connectivity index is 1.78. The number of carbonyl (C=O) groups excluding carboxylic acids is 1. The van der Waals surface area contributed by atoms with Crippen molar-refractivity contribution in [1.82, 2.24) is 19.5 Å². The third-order valence-electron chi connectivity index (χ3n) is 5.26. The van der Waals surface area contributed by atoms with Crippen molar-refractivity contribution in [3.8, 4) is 0 Å². The molecule has 0 saturated heterocycles. The number of halogens is 3. The lowest BCUT2D eigenvalue weighted by atomic mass is 10.1. The molecule has 0 aliphatic carbocycles. The molecule has 0 fully saturated rings. The van der Waals surface area contributed by atoms with Gasteiger partial charge in [-0.05, 0) is 32.0 Å². The predicted octanol–water partition coefficient (Wildman–Crippen LogP) is 3.03. The molecule has 12 heteroatoms. The van der Waals surface area contributed by atoms with Gasteiger partial charge in [-0.3, -0.25) is 4.79 Å². The number of sulfone groups is 1. The molecule has 0 saturated carbocycles. The van der Waals surface area contributed by atoms with Crippen LogP contribution in [0.4, 0.5) is 19.1 Å². The topological polar surface area (TPSA) is 98.0 Å². The Morgan fingerprint density at radius 1 is 1.19 bits per heavy atom. The fourth-order valence-corrected chi connectivity index (χ4v) is 4.35. The van der Waals surface area contributed by atoms with Gasteiger partial charge in [-0.1, -0.05) is 0 Å². The Morgan fingerprint density at radius 3 is 2.52 bits per heavy atom. The summed E-state index contributed by atoms with van der Waals surface area (Å²) >= 11 is 0. The standard InChI is InChI=1S/C19H18F3N5O3S/c1-10-17-24-14-5-4-12(31(3,29)30)8-15(14)27(17)7-6-26(10)18-23-9-13(11(2)28)16(25-18)19(20,21)22/h4-5,8-10H,6-7H2,1-3H3. The molecule has 2 aromatic heterocycles. The van der Waals surface area contributed by atoms with Gasteiger partial charge in [0.05, 0.1) is 27.5 Å². The minimum absolute atomic E-state index is 0.153. The number of imidazole rings is 1. The number of aromatic nitrogens is 4. The second-order valence-electron chi connectivity index (χ2n) is 7.40. The summed E-state index contributed by atoms with van der Waals surface area (Å²) < 4.78 is 65.9. The number of carbonyl (C=O) groups is 1. The highest BCUT2D eigenvalue weighted by Crippen LogP contribution is 2.35. The summed E-state index contributed by atoms with van der Waals surface area (Å²) in [7, 11) is -3.40. The number of hydrogen-bond donors (Lipinski definition) is 0. The van der Waals surface area contributed by atoms with Gasteiger partial charge in [-0.2, -0.15) is 13.2 Å². The van der Waals surface area contributed by atoms with Crippen LogP contribution in [0.15, 0.2) is 29.3 Å². The number of fused-ring (bicyclic) bond motifs is 3. The van der Waals surface area contributed by atoms with Crippen LogP contribution in [0.5, 0.6) is 0 Å². The molecule has 8 nitrogen and oxygen atoms in total. The number of Topliss-reactive ketones (excluding diaryl/α,β-unsaturated/α-hetero) is 1. The maximum Gasteiger partial charge on any atom is 0.434 e. The molecule has 0 N–H and O–H groups in total. The number of hydrogen-bond acceptors (Lipinski definition) is 7. The van der Waals surface area contributed by atoms with E-state index in [-0.39, 0.29) is 17.4 Å². The Kier molecular flexibility index (Phi) is 4.80. The molecule has 4 rings (SSSR count).